The van der Waals surface area contributed by atoms with Crippen LogP contribution in [0, 0.1) is 7.14 Å². The molecule has 0 aliphatic rings. The van der Waals surface area contributed by atoms with E-state index in [-0.39, 0.29) is 5.97 Å². The van der Waals surface area contributed by atoms with Crippen LogP contribution in [-0.4, -0.2) is 18.2 Å². The Morgan fingerprint density at radius 3 is 2.07 bits per heavy atom. The van der Waals surface area contributed by atoms with Gasteiger partial charge in [0.1, 0.15) is 5.75 Å². The summed E-state index contributed by atoms with van der Waals surface area (Å²) in [5.41, 5.74) is 0. The summed E-state index contributed by atoms with van der Waals surface area (Å²) in [5, 5.41) is 9.19. The van der Waals surface area contributed by atoms with E-state index in [0.717, 1.165) is 7.14 Å². The van der Waals surface area contributed by atoms with Crippen LogP contribution in [-0.2, 0) is 9.53 Å². The second kappa shape index (κ2) is 8.14. The summed E-state index contributed by atoms with van der Waals surface area (Å²) in [6.07, 6.45) is 0.469. The van der Waals surface area contributed by atoms with E-state index in [0.29, 0.717) is 12.2 Å². The van der Waals surface area contributed by atoms with Gasteiger partial charge in [0, 0.05) is 6.42 Å². The van der Waals surface area contributed by atoms with Gasteiger partial charge < -0.3 is 9.84 Å². The van der Waals surface area contributed by atoms with Crippen molar-refractivity contribution in [1.29, 1.82) is 0 Å². The third kappa shape index (κ3) is 6.18. The number of carbonyl (C=O) groups is 1. The van der Waals surface area contributed by atoms with Crippen LogP contribution < -0.4 is 0 Å². The van der Waals surface area contributed by atoms with Gasteiger partial charge in [0.05, 0.1) is 14.3 Å². The highest BCUT2D eigenvalue weighted by atomic mass is 127. The van der Waals surface area contributed by atoms with E-state index in [9.17, 15) is 9.90 Å². The van der Waals surface area contributed by atoms with Crippen LogP contribution in [0.5, 0.6) is 5.75 Å². The van der Waals surface area contributed by atoms with Crippen molar-refractivity contribution >= 4 is 51.2 Å². The first-order chi connectivity index (χ1) is 7.02. The molecule has 0 atom stereocenters. The molecular formula is C10H12I2O3. The monoisotopic (exact) mass is 434 g/mol. The number of benzene rings is 1. The number of para-hydroxylation sites is 1. The molecule has 0 unspecified atom stereocenters. The summed E-state index contributed by atoms with van der Waals surface area (Å²) in [6, 6.07) is 5.67. The maximum atomic E-state index is 9.96. The van der Waals surface area contributed by atoms with Crippen molar-refractivity contribution < 1.29 is 14.6 Å². The minimum atomic E-state index is -0.157. The number of phenols is 1. The molecule has 0 spiro atoms. The standard InChI is InChI=1S/C6H4I2O.C4H8O2/c7-4-2-1-3-5(8)6(4)9;1-3-4(5)6-2/h1-3,9H;3H2,1-2H3. The highest BCUT2D eigenvalue weighted by Crippen LogP contribution is 2.24. The van der Waals surface area contributed by atoms with Crippen LogP contribution in [0.2, 0.25) is 0 Å². The number of carbonyl (C=O) groups excluding carboxylic acids is 1. The molecule has 1 N–H and O–H groups in total. The molecule has 1 aromatic carbocycles. The van der Waals surface area contributed by atoms with Crippen molar-refractivity contribution in [1.82, 2.24) is 0 Å². The summed E-state index contributed by atoms with van der Waals surface area (Å²) in [4.78, 5) is 9.96. The lowest BCUT2D eigenvalue weighted by atomic mass is 10.3. The predicted molar refractivity (Wildman–Crippen MR) is 75.8 cm³/mol. The number of hydrogen-bond acceptors (Lipinski definition) is 3. The molecule has 1 aromatic rings. The number of halogens is 2. The third-order valence-corrected chi connectivity index (χ3v) is 3.19. The van der Waals surface area contributed by atoms with Crippen molar-refractivity contribution in [2.24, 2.45) is 0 Å². The van der Waals surface area contributed by atoms with E-state index < -0.39 is 0 Å². The van der Waals surface area contributed by atoms with E-state index >= 15 is 0 Å². The lowest BCUT2D eigenvalue weighted by Crippen LogP contribution is -1.94. The van der Waals surface area contributed by atoms with Gasteiger partial charge in [-0.15, -0.1) is 0 Å². The van der Waals surface area contributed by atoms with Crippen LogP contribution in [0.4, 0.5) is 0 Å². The molecule has 84 valence electrons. The number of rotatable bonds is 1. The number of aromatic hydroxyl groups is 1. The SMILES string of the molecule is CCC(=O)OC.Oc1c(I)cccc1I. The quantitative estimate of drug-likeness (QED) is 0.546. The maximum Gasteiger partial charge on any atom is 0.305 e. The molecule has 3 nitrogen and oxygen atoms in total. The molecule has 0 fully saturated rings. The van der Waals surface area contributed by atoms with Gasteiger partial charge in [-0.3, -0.25) is 4.79 Å². The van der Waals surface area contributed by atoms with E-state index in [1.807, 2.05) is 18.2 Å². The van der Waals surface area contributed by atoms with Gasteiger partial charge in [0.25, 0.3) is 0 Å². The zero-order valence-corrected chi connectivity index (χ0v) is 12.8. The zero-order valence-electron chi connectivity index (χ0n) is 8.46. The Morgan fingerprint density at radius 1 is 1.40 bits per heavy atom. The summed E-state index contributed by atoms with van der Waals surface area (Å²) in [6.45, 7) is 1.76. The highest BCUT2D eigenvalue weighted by molar-refractivity contribution is 14.1. The fraction of sp³-hybridized carbons (Fsp3) is 0.300. The Balaban J connectivity index is 0.000000288. The molecule has 0 radical (unpaired) electrons. The zero-order chi connectivity index (χ0) is 11.8. The first kappa shape index (κ1) is 14.9. The third-order valence-electron chi connectivity index (χ3n) is 1.45. The molecule has 0 heterocycles. The largest absolute Gasteiger partial charge is 0.506 e. The van der Waals surface area contributed by atoms with Crippen molar-refractivity contribution in [3.8, 4) is 5.75 Å². The first-order valence-electron chi connectivity index (χ1n) is 4.22. The molecule has 0 aliphatic carbocycles. The van der Waals surface area contributed by atoms with E-state index in [1.165, 1.54) is 7.11 Å². The summed E-state index contributed by atoms with van der Waals surface area (Å²) >= 11 is 4.19. The van der Waals surface area contributed by atoms with Crippen molar-refractivity contribution in [2.75, 3.05) is 7.11 Å². The fourth-order valence-electron chi connectivity index (χ4n) is 0.633. The first-order valence-corrected chi connectivity index (χ1v) is 6.38. The summed E-state index contributed by atoms with van der Waals surface area (Å²) in [7, 11) is 1.38. The van der Waals surface area contributed by atoms with Gasteiger partial charge in [-0.05, 0) is 57.3 Å². The number of ether oxygens (including phenoxy) is 1. The second-order valence-corrected chi connectivity index (χ2v) is 4.82. The summed E-state index contributed by atoms with van der Waals surface area (Å²) < 4.78 is 6.07. The molecule has 5 heteroatoms. The Labute approximate surface area is 116 Å². The predicted octanol–water partition coefficient (Wildman–Crippen LogP) is 3.17. The average molecular weight is 434 g/mol. The molecule has 0 saturated carbocycles. The minimum Gasteiger partial charge on any atom is -0.506 e. The Morgan fingerprint density at radius 2 is 1.87 bits per heavy atom. The maximum absolute atomic E-state index is 9.96. The van der Waals surface area contributed by atoms with E-state index in [4.69, 9.17) is 0 Å². The van der Waals surface area contributed by atoms with Gasteiger partial charge in [-0.1, -0.05) is 13.0 Å². The molecule has 0 aromatic heterocycles. The molecule has 0 amide bonds. The van der Waals surface area contributed by atoms with Gasteiger partial charge in [0.15, 0.2) is 0 Å². The van der Waals surface area contributed by atoms with Gasteiger partial charge in [-0.2, -0.15) is 0 Å². The normalized spacial score (nSPS) is 8.80. The van der Waals surface area contributed by atoms with Crippen molar-refractivity contribution in [3.63, 3.8) is 0 Å². The lowest BCUT2D eigenvalue weighted by molar-refractivity contribution is -0.140. The van der Waals surface area contributed by atoms with Gasteiger partial charge >= 0.3 is 5.97 Å². The Kier molecular flexibility index (Phi) is 8.12. The van der Waals surface area contributed by atoms with Crippen LogP contribution >= 0.6 is 45.2 Å². The van der Waals surface area contributed by atoms with Crippen LogP contribution in [0.3, 0.4) is 0 Å². The highest BCUT2D eigenvalue weighted by Gasteiger charge is 1.98. The number of phenolic OH excluding ortho intramolecular Hbond substituents is 1. The lowest BCUT2D eigenvalue weighted by Gasteiger charge is -1.96. The average Bonchev–Trinajstić information content (AvgIpc) is 2.25. The van der Waals surface area contributed by atoms with Gasteiger partial charge in [0.2, 0.25) is 0 Å². The van der Waals surface area contributed by atoms with Crippen LogP contribution in [0.25, 0.3) is 0 Å². The van der Waals surface area contributed by atoms with E-state index in [2.05, 4.69) is 49.9 Å². The molecule has 0 bridgehead atoms. The molecule has 15 heavy (non-hydrogen) atoms. The second-order valence-electron chi connectivity index (χ2n) is 2.50. The van der Waals surface area contributed by atoms with Gasteiger partial charge in [-0.25, -0.2) is 0 Å². The minimum absolute atomic E-state index is 0.157. The van der Waals surface area contributed by atoms with E-state index in [1.54, 1.807) is 6.92 Å². The molecule has 0 aliphatic heterocycles. The number of methoxy groups -OCH3 is 1. The molecular weight excluding hydrogens is 422 g/mol. The van der Waals surface area contributed by atoms with Crippen molar-refractivity contribution in [3.05, 3.63) is 25.3 Å². The Hall–Kier alpha value is -0.0500. The Bertz CT molecular complexity index is 300. The number of esters is 1. The molecule has 1 rings (SSSR count). The van der Waals surface area contributed by atoms with Crippen LogP contribution in [0.1, 0.15) is 13.3 Å². The molecule has 0 saturated heterocycles. The number of hydrogen-bond donors (Lipinski definition) is 1. The van der Waals surface area contributed by atoms with Crippen LogP contribution in [0.15, 0.2) is 18.2 Å². The fourth-order valence-corrected chi connectivity index (χ4v) is 2.15. The smallest absolute Gasteiger partial charge is 0.305 e. The summed E-state index contributed by atoms with van der Waals surface area (Å²) in [5.74, 6) is 0.230. The topological polar surface area (TPSA) is 46.5 Å². The van der Waals surface area contributed by atoms with Crippen molar-refractivity contribution in [2.45, 2.75) is 13.3 Å².